The van der Waals surface area contributed by atoms with Gasteiger partial charge in [0.05, 0.1) is 15.9 Å². The van der Waals surface area contributed by atoms with Crippen LogP contribution in [0, 0.1) is 0 Å². The molecule has 1 N–H and O–H groups in total. The second-order valence-electron chi connectivity index (χ2n) is 2.56. The standard InChI is InChI=1S/C9H6BrClO3/c10-4-8(12)6-2-1-5(9(13)14)3-7(6)11/h1-3H,4H2,(H,13,14). The van der Waals surface area contributed by atoms with Crippen molar-refractivity contribution in [3.8, 4) is 0 Å². The van der Waals surface area contributed by atoms with Gasteiger partial charge in [0, 0.05) is 5.56 Å². The van der Waals surface area contributed by atoms with Gasteiger partial charge >= 0.3 is 5.97 Å². The molecule has 0 spiro atoms. The summed E-state index contributed by atoms with van der Waals surface area (Å²) in [4.78, 5) is 21.8. The van der Waals surface area contributed by atoms with Crippen LogP contribution in [0.2, 0.25) is 5.02 Å². The lowest BCUT2D eigenvalue weighted by Gasteiger charge is -2.01. The summed E-state index contributed by atoms with van der Waals surface area (Å²) in [5.74, 6) is -1.24. The van der Waals surface area contributed by atoms with E-state index >= 15 is 0 Å². The van der Waals surface area contributed by atoms with Crippen LogP contribution in [-0.2, 0) is 0 Å². The van der Waals surface area contributed by atoms with E-state index in [2.05, 4.69) is 15.9 Å². The molecule has 0 aliphatic heterocycles. The number of carboxylic acids is 1. The molecule has 0 aliphatic rings. The van der Waals surface area contributed by atoms with E-state index in [4.69, 9.17) is 16.7 Å². The second kappa shape index (κ2) is 4.57. The smallest absolute Gasteiger partial charge is 0.335 e. The zero-order chi connectivity index (χ0) is 10.7. The van der Waals surface area contributed by atoms with Gasteiger partial charge in [-0.3, -0.25) is 4.79 Å². The summed E-state index contributed by atoms with van der Waals surface area (Å²) >= 11 is 8.75. The molecule has 0 heterocycles. The van der Waals surface area contributed by atoms with Gasteiger partial charge in [-0.05, 0) is 18.2 Å². The molecule has 0 saturated carbocycles. The first-order chi connectivity index (χ1) is 6.56. The quantitative estimate of drug-likeness (QED) is 0.682. The van der Waals surface area contributed by atoms with E-state index in [0.29, 0.717) is 5.56 Å². The van der Waals surface area contributed by atoms with Crippen molar-refractivity contribution in [2.45, 2.75) is 0 Å². The molecule has 14 heavy (non-hydrogen) atoms. The molecular formula is C9H6BrClO3. The Labute approximate surface area is 93.8 Å². The number of aromatic carboxylic acids is 1. The number of Topliss-reactive ketones (excluding diaryl/α,β-unsaturated/α-hetero) is 1. The first kappa shape index (κ1) is 11.2. The van der Waals surface area contributed by atoms with Gasteiger partial charge in [0.2, 0.25) is 0 Å². The van der Waals surface area contributed by atoms with Crippen molar-refractivity contribution in [3.63, 3.8) is 0 Å². The first-order valence-corrected chi connectivity index (χ1v) is 5.18. The third-order valence-corrected chi connectivity index (χ3v) is 2.46. The molecule has 1 aromatic rings. The zero-order valence-corrected chi connectivity index (χ0v) is 9.30. The third-order valence-electron chi connectivity index (χ3n) is 1.64. The topological polar surface area (TPSA) is 54.4 Å². The maximum atomic E-state index is 11.2. The Morgan fingerprint density at radius 3 is 2.50 bits per heavy atom. The van der Waals surface area contributed by atoms with E-state index in [1.165, 1.54) is 18.2 Å². The van der Waals surface area contributed by atoms with Crippen LogP contribution in [0.15, 0.2) is 18.2 Å². The lowest BCUT2D eigenvalue weighted by atomic mass is 10.1. The maximum Gasteiger partial charge on any atom is 0.335 e. The summed E-state index contributed by atoms with van der Waals surface area (Å²) < 4.78 is 0. The summed E-state index contributed by atoms with van der Waals surface area (Å²) in [6.07, 6.45) is 0. The van der Waals surface area contributed by atoms with Crippen molar-refractivity contribution >= 4 is 39.3 Å². The highest BCUT2D eigenvalue weighted by molar-refractivity contribution is 9.09. The molecule has 1 rings (SSSR count). The predicted molar refractivity (Wildman–Crippen MR) is 56.5 cm³/mol. The van der Waals surface area contributed by atoms with E-state index in [9.17, 15) is 9.59 Å². The van der Waals surface area contributed by atoms with Crippen LogP contribution >= 0.6 is 27.5 Å². The Kier molecular flexibility index (Phi) is 3.66. The van der Waals surface area contributed by atoms with Gasteiger partial charge in [0.1, 0.15) is 0 Å². The Morgan fingerprint density at radius 2 is 2.07 bits per heavy atom. The summed E-state index contributed by atoms with van der Waals surface area (Å²) in [5.41, 5.74) is 0.398. The molecule has 0 aliphatic carbocycles. The van der Waals surface area contributed by atoms with Crippen LogP contribution in [0.1, 0.15) is 20.7 Å². The molecule has 0 saturated heterocycles. The van der Waals surface area contributed by atoms with Crippen LogP contribution < -0.4 is 0 Å². The Balaban J connectivity index is 3.14. The molecule has 0 atom stereocenters. The van der Waals surface area contributed by atoms with Gasteiger partial charge in [-0.1, -0.05) is 27.5 Å². The number of alkyl halides is 1. The van der Waals surface area contributed by atoms with Crippen LogP contribution in [0.4, 0.5) is 0 Å². The average Bonchev–Trinajstić information content (AvgIpc) is 2.16. The molecule has 0 fully saturated rings. The highest BCUT2D eigenvalue weighted by Gasteiger charge is 2.11. The van der Waals surface area contributed by atoms with Gasteiger partial charge in [-0.2, -0.15) is 0 Å². The Morgan fingerprint density at radius 1 is 1.43 bits per heavy atom. The van der Waals surface area contributed by atoms with Crippen LogP contribution in [0.3, 0.4) is 0 Å². The van der Waals surface area contributed by atoms with Crippen molar-refractivity contribution in [1.82, 2.24) is 0 Å². The number of carbonyl (C=O) groups is 2. The minimum Gasteiger partial charge on any atom is -0.478 e. The number of halogens is 2. The monoisotopic (exact) mass is 276 g/mol. The van der Waals surface area contributed by atoms with E-state index in [-0.39, 0.29) is 21.7 Å². The third kappa shape index (κ3) is 2.33. The van der Waals surface area contributed by atoms with Crippen molar-refractivity contribution < 1.29 is 14.7 Å². The van der Waals surface area contributed by atoms with Crippen molar-refractivity contribution in [3.05, 3.63) is 34.3 Å². The van der Waals surface area contributed by atoms with Crippen LogP contribution in [0.25, 0.3) is 0 Å². The maximum absolute atomic E-state index is 11.2. The molecule has 3 nitrogen and oxygen atoms in total. The van der Waals surface area contributed by atoms with Crippen molar-refractivity contribution in [1.29, 1.82) is 0 Å². The first-order valence-electron chi connectivity index (χ1n) is 3.68. The molecule has 0 radical (unpaired) electrons. The normalized spacial score (nSPS) is 9.86. The lowest BCUT2D eigenvalue weighted by Crippen LogP contribution is -2.03. The average molecular weight is 278 g/mol. The van der Waals surface area contributed by atoms with E-state index in [0.717, 1.165) is 0 Å². The lowest BCUT2D eigenvalue weighted by molar-refractivity contribution is 0.0696. The van der Waals surface area contributed by atoms with Crippen molar-refractivity contribution in [2.75, 3.05) is 5.33 Å². The number of benzene rings is 1. The Hall–Kier alpha value is -0.870. The van der Waals surface area contributed by atoms with Gasteiger partial charge in [0.15, 0.2) is 5.78 Å². The van der Waals surface area contributed by atoms with Gasteiger partial charge in [0.25, 0.3) is 0 Å². The largest absolute Gasteiger partial charge is 0.478 e. The fourth-order valence-electron chi connectivity index (χ4n) is 0.946. The SMILES string of the molecule is O=C(O)c1ccc(C(=O)CBr)c(Cl)c1. The fraction of sp³-hybridized carbons (Fsp3) is 0.111. The number of carbonyl (C=O) groups excluding carboxylic acids is 1. The summed E-state index contributed by atoms with van der Waals surface area (Å²) in [7, 11) is 0. The number of rotatable bonds is 3. The Bertz CT molecular complexity index is 390. The molecule has 0 unspecified atom stereocenters. The minimum atomic E-state index is -1.07. The molecular weight excluding hydrogens is 271 g/mol. The molecule has 5 heteroatoms. The van der Waals surface area contributed by atoms with Crippen molar-refractivity contribution in [2.24, 2.45) is 0 Å². The highest BCUT2D eigenvalue weighted by Crippen LogP contribution is 2.19. The number of hydrogen-bond donors (Lipinski definition) is 1. The zero-order valence-electron chi connectivity index (χ0n) is 6.96. The van der Waals surface area contributed by atoms with Gasteiger partial charge in [-0.15, -0.1) is 0 Å². The summed E-state index contributed by atoms with van der Waals surface area (Å²) in [6, 6.07) is 4.03. The van der Waals surface area contributed by atoms with Crippen LogP contribution in [-0.4, -0.2) is 22.2 Å². The summed E-state index contributed by atoms with van der Waals surface area (Å²) in [5, 5.41) is 8.97. The van der Waals surface area contributed by atoms with E-state index in [1.54, 1.807) is 0 Å². The predicted octanol–water partition coefficient (Wildman–Crippen LogP) is 2.62. The van der Waals surface area contributed by atoms with E-state index in [1.807, 2.05) is 0 Å². The second-order valence-corrected chi connectivity index (χ2v) is 3.52. The molecule has 1 aromatic carbocycles. The minimum absolute atomic E-state index is 0.0705. The van der Waals surface area contributed by atoms with Gasteiger partial charge < -0.3 is 5.11 Å². The number of ketones is 1. The van der Waals surface area contributed by atoms with Gasteiger partial charge in [-0.25, -0.2) is 4.79 Å². The number of carboxylic acid groups (broad SMARTS) is 1. The van der Waals surface area contributed by atoms with E-state index < -0.39 is 5.97 Å². The number of hydrogen-bond acceptors (Lipinski definition) is 2. The molecule has 0 amide bonds. The fourth-order valence-corrected chi connectivity index (χ4v) is 1.53. The molecule has 0 aromatic heterocycles. The summed E-state index contributed by atoms with van der Waals surface area (Å²) in [6.45, 7) is 0. The highest BCUT2D eigenvalue weighted by atomic mass is 79.9. The molecule has 0 bridgehead atoms. The van der Waals surface area contributed by atoms with Crippen LogP contribution in [0.5, 0.6) is 0 Å². The molecule has 74 valence electrons.